The average molecular weight is 352 g/mol. The highest BCUT2D eigenvalue weighted by atomic mass is 19.1. The molecule has 0 aliphatic carbocycles. The van der Waals surface area contributed by atoms with Gasteiger partial charge in [0.05, 0.1) is 12.5 Å². The number of carbonyl (C=O) groups excluding carboxylic acids is 2. The third-order valence-electron chi connectivity index (χ3n) is 4.28. The highest BCUT2D eigenvalue weighted by molar-refractivity contribution is 5.89. The topological polar surface area (TPSA) is 96.7 Å². The Bertz CT molecular complexity index is 570. The molecule has 2 rings (SSSR count). The normalized spacial score (nSPS) is 16.4. The number of anilines is 1. The van der Waals surface area contributed by atoms with Crippen molar-refractivity contribution in [2.24, 2.45) is 5.73 Å². The lowest BCUT2D eigenvalue weighted by Crippen LogP contribution is -2.48. The Morgan fingerprint density at radius 2 is 1.96 bits per heavy atom. The lowest BCUT2D eigenvalue weighted by Gasteiger charge is -2.33. The summed E-state index contributed by atoms with van der Waals surface area (Å²) in [6.45, 7) is 1.48. The van der Waals surface area contributed by atoms with E-state index < -0.39 is 0 Å². The zero-order chi connectivity index (χ0) is 18.2. The molecule has 3 amide bonds. The van der Waals surface area contributed by atoms with Crippen LogP contribution in [0.2, 0.25) is 0 Å². The van der Waals surface area contributed by atoms with E-state index in [4.69, 9.17) is 10.5 Å². The molecule has 0 saturated carbocycles. The van der Waals surface area contributed by atoms with E-state index in [1.807, 2.05) is 0 Å². The van der Waals surface area contributed by atoms with Gasteiger partial charge in [0.15, 0.2) is 0 Å². The molecule has 1 saturated heterocycles. The number of urea groups is 1. The molecule has 0 radical (unpaired) electrons. The molecule has 1 aliphatic heterocycles. The smallest absolute Gasteiger partial charge is 0.319 e. The molecule has 1 heterocycles. The number of nitrogens with one attached hydrogen (secondary N) is 2. The first-order valence-corrected chi connectivity index (χ1v) is 8.35. The lowest BCUT2D eigenvalue weighted by molar-refractivity contribution is -0.134. The maximum absolute atomic E-state index is 12.8. The molecule has 1 aromatic carbocycles. The maximum atomic E-state index is 12.8. The summed E-state index contributed by atoms with van der Waals surface area (Å²) in [6.07, 6.45) is 1.38. The summed E-state index contributed by atoms with van der Waals surface area (Å²) in [5, 5.41) is 5.54. The zero-order valence-electron chi connectivity index (χ0n) is 14.3. The number of nitrogens with zero attached hydrogens (tertiary/aromatic N) is 1. The van der Waals surface area contributed by atoms with Crippen LogP contribution >= 0.6 is 0 Å². The number of rotatable bonds is 6. The van der Waals surface area contributed by atoms with Gasteiger partial charge in [-0.3, -0.25) is 4.79 Å². The second-order valence-electron chi connectivity index (χ2n) is 6.06. The van der Waals surface area contributed by atoms with E-state index >= 15 is 0 Å². The van der Waals surface area contributed by atoms with Gasteiger partial charge in [-0.2, -0.15) is 0 Å². The Morgan fingerprint density at radius 1 is 1.32 bits per heavy atom. The SMILES string of the molecule is COC(CN)CC(=O)N1CCC(NC(=O)Nc2ccc(F)cc2)CC1. The molecule has 25 heavy (non-hydrogen) atoms. The van der Waals surface area contributed by atoms with E-state index in [1.54, 1.807) is 12.0 Å². The fraction of sp³-hybridized carbons (Fsp3) is 0.529. The van der Waals surface area contributed by atoms with E-state index in [0.29, 0.717) is 38.2 Å². The summed E-state index contributed by atoms with van der Waals surface area (Å²) in [7, 11) is 1.54. The highest BCUT2D eigenvalue weighted by Gasteiger charge is 2.25. The second-order valence-corrected chi connectivity index (χ2v) is 6.06. The largest absolute Gasteiger partial charge is 0.380 e. The minimum atomic E-state index is -0.353. The van der Waals surface area contributed by atoms with Gasteiger partial charge in [-0.1, -0.05) is 0 Å². The third-order valence-corrected chi connectivity index (χ3v) is 4.28. The van der Waals surface area contributed by atoms with Crippen molar-refractivity contribution in [3.63, 3.8) is 0 Å². The molecular formula is C17H25FN4O3. The fourth-order valence-corrected chi connectivity index (χ4v) is 2.75. The van der Waals surface area contributed by atoms with Crippen molar-refractivity contribution >= 4 is 17.6 Å². The van der Waals surface area contributed by atoms with Gasteiger partial charge in [-0.25, -0.2) is 9.18 Å². The average Bonchev–Trinajstić information content (AvgIpc) is 2.62. The molecule has 1 fully saturated rings. The van der Waals surface area contributed by atoms with E-state index in [9.17, 15) is 14.0 Å². The van der Waals surface area contributed by atoms with Gasteiger partial charge in [0.2, 0.25) is 5.91 Å². The maximum Gasteiger partial charge on any atom is 0.319 e. The molecule has 7 nitrogen and oxygen atoms in total. The molecule has 4 N–H and O–H groups in total. The number of piperidine rings is 1. The summed E-state index contributed by atoms with van der Waals surface area (Å²) < 4.78 is 18.0. The van der Waals surface area contributed by atoms with Gasteiger partial charge in [-0.05, 0) is 37.1 Å². The number of methoxy groups -OCH3 is 1. The minimum absolute atomic E-state index is 0.00257. The molecule has 0 spiro atoms. The van der Waals surface area contributed by atoms with Crippen LogP contribution in [0.5, 0.6) is 0 Å². The molecule has 1 aromatic rings. The second kappa shape index (κ2) is 9.33. The van der Waals surface area contributed by atoms with Crippen LogP contribution in [-0.2, 0) is 9.53 Å². The molecule has 0 bridgehead atoms. The van der Waals surface area contributed by atoms with Crippen molar-refractivity contribution in [1.29, 1.82) is 0 Å². The minimum Gasteiger partial charge on any atom is -0.380 e. The van der Waals surface area contributed by atoms with Gasteiger partial charge >= 0.3 is 6.03 Å². The van der Waals surface area contributed by atoms with Crippen molar-refractivity contribution in [2.75, 3.05) is 32.1 Å². The van der Waals surface area contributed by atoms with Crippen LogP contribution in [0.3, 0.4) is 0 Å². The van der Waals surface area contributed by atoms with Crippen molar-refractivity contribution < 1.29 is 18.7 Å². The summed E-state index contributed by atoms with van der Waals surface area (Å²) in [5.41, 5.74) is 6.07. The number of hydrogen-bond donors (Lipinski definition) is 3. The first kappa shape index (κ1) is 19.1. The first-order chi connectivity index (χ1) is 12.0. The third kappa shape index (κ3) is 5.99. The van der Waals surface area contributed by atoms with Crippen LogP contribution in [0.1, 0.15) is 19.3 Å². The number of carbonyl (C=O) groups is 2. The predicted octanol–water partition coefficient (Wildman–Crippen LogP) is 1.30. The summed E-state index contributed by atoms with van der Waals surface area (Å²) >= 11 is 0. The predicted molar refractivity (Wildman–Crippen MR) is 92.6 cm³/mol. The highest BCUT2D eigenvalue weighted by Crippen LogP contribution is 2.13. The Kier molecular flexibility index (Phi) is 7.15. The van der Waals surface area contributed by atoms with Gasteiger partial charge in [0.25, 0.3) is 0 Å². The van der Waals surface area contributed by atoms with Crippen LogP contribution in [0.25, 0.3) is 0 Å². The van der Waals surface area contributed by atoms with Crippen LogP contribution in [0.15, 0.2) is 24.3 Å². The fourth-order valence-electron chi connectivity index (χ4n) is 2.75. The van der Waals surface area contributed by atoms with Gasteiger partial charge in [0, 0.05) is 38.5 Å². The molecule has 138 valence electrons. The molecule has 1 unspecified atom stereocenters. The van der Waals surface area contributed by atoms with Crippen molar-refractivity contribution in [1.82, 2.24) is 10.2 Å². The Labute approximate surface area is 146 Å². The summed E-state index contributed by atoms with van der Waals surface area (Å²) in [4.78, 5) is 25.9. The molecule has 0 aromatic heterocycles. The number of likely N-dealkylation sites (tertiary alicyclic amines) is 1. The Morgan fingerprint density at radius 3 is 2.52 bits per heavy atom. The quantitative estimate of drug-likeness (QED) is 0.719. The van der Waals surface area contributed by atoms with E-state index in [1.165, 1.54) is 24.3 Å². The Hall–Kier alpha value is -2.19. The monoisotopic (exact) mass is 352 g/mol. The van der Waals surface area contributed by atoms with Crippen molar-refractivity contribution in [3.05, 3.63) is 30.1 Å². The molecule has 1 aliphatic rings. The molecule has 1 atom stereocenters. The number of benzene rings is 1. The summed E-state index contributed by atoms with van der Waals surface area (Å²) in [6, 6.07) is 5.23. The molecular weight excluding hydrogens is 327 g/mol. The first-order valence-electron chi connectivity index (χ1n) is 8.35. The van der Waals surface area contributed by atoms with Crippen LogP contribution in [-0.4, -0.2) is 55.7 Å². The van der Waals surface area contributed by atoms with Gasteiger partial charge < -0.3 is 26.0 Å². The number of nitrogens with two attached hydrogens (primary N) is 1. The van der Waals surface area contributed by atoms with Crippen LogP contribution in [0.4, 0.5) is 14.9 Å². The number of ether oxygens (including phenoxy) is 1. The van der Waals surface area contributed by atoms with Gasteiger partial charge in [-0.15, -0.1) is 0 Å². The number of amides is 3. The van der Waals surface area contributed by atoms with E-state index in [-0.39, 0.29) is 36.3 Å². The van der Waals surface area contributed by atoms with Crippen LogP contribution < -0.4 is 16.4 Å². The molecule has 8 heteroatoms. The Balaban J connectivity index is 1.73. The summed E-state index contributed by atoms with van der Waals surface area (Å²) in [5.74, 6) is -0.333. The number of halogens is 1. The number of hydrogen-bond acceptors (Lipinski definition) is 4. The van der Waals surface area contributed by atoms with Crippen molar-refractivity contribution in [2.45, 2.75) is 31.4 Å². The van der Waals surface area contributed by atoms with Gasteiger partial charge in [0.1, 0.15) is 5.82 Å². The van der Waals surface area contributed by atoms with E-state index in [0.717, 1.165) is 0 Å². The zero-order valence-corrected chi connectivity index (χ0v) is 14.3. The lowest BCUT2D eigenvalue weighted by atomic mass is 10.0. The van der Waals surface area contributed by atoms with Crippen LogP contribution in [0, 0.1) is 5.82 Å². The van der Waals surface area contributed by atoms with E-state index in [2.05, 4.69) is 10.6 Å². The van der Waals surface area contributed by atoms with Crippen molar-refractivity contribution in [3.8, 4) is 0 Å². The standard InChI is InChI=1S/C17H25FN4O3/c1-25-15(11-19)10-16(23)22-8-6-14(7-9-22)21-17(24)20-13-4-2-12(18)3-5-13/h2-5,14-15H,6-11,19H2,1H3,(H2,20,21,24).